The van der Waals surface area contributed by atoms with E-state index in [1.54, 1.807) is 18.2 Å². The van der Waals surface area contributed by atoms with Crippen molar-refractivity contribution in [1.29, 1.82) is 0 Å². The number of carbonyl (C=O) groups is 2. The second-order valence-electron chi connectivity index (χ2n) is 7.17. The Morgan fingerprint density at radius 1 is 1.18 bits per heavy atom. The van der Waals surface area contributed by atoms with Crippen LogP contribution in [0, 0.1) is 5.82 Å². The Kier molecular flexibility index (Phi) is 4.87. The maximum absolute atomic E-state index is 13.6. The molecule has 1 spiro atoms. The predicted molar refractivity (Wildman–Crippen MR) is 98.7 cm³/mol. The molecule has 1 heterocycles. The van der Waals surface area contributed by atoms with Gasteiger partial charge in [-0.25, -0.2) is 9.18 Å². The molecule has 2 aromatic rings. The van der Waals surface area contributed by atoms with Crippen molar-refractivity contribution in [2.75, 3.05) is 13.2 Å². The Labute approximate surface area is 161 Å². The van der Waals surface area contributed by atoms with Gasteiger partial charge in [-0.2, -0.15) is 0 Å². The van der Waals surface area contributed by atoms with Gasteiger partial charge in [0.25, 0.3) is 5.91 Å². The maximum atomic E-state index is 13.6. The fourth-order valence-electron chi connectivity index (χ4n) is 3.94. The number of nitrogens with one attached hydrogen (secondary N) is 1. The molecule has 146 valence electrons. The molecule has 7 heteroatoms. The first kappa shape index (κ1) is 18.6. The first-order chi connectivity index (χ1) is 13.5. The van der Waals surface area contributed by atoms with E-state index >= 15 is 0 Å². The summed E-state index contributed by atoms with van der Waals surface area (Å²) in [6.07, 6.45) is 0.158. The van der Waals surface area contributed by atoms with Gasteiger partial charge in [0, 0.05) is 5.56 Å². The summed E-state index contributed by atoms with van der Waals surface area (Å²) in [5, 5.41) is 13.0. The van der Waals surface area contributed by atoms with Crippen LogP contribution in [0.2, 0.25) is 0 Å². The number of halogens is 1. The number of benzene rings is 2. The molecule has 0 saturated carbocycles. The molecule has 2 aliphatic rings. The minimum absolute atomic E-state index is 0.00118. The Balaban J connectivity index is 1.38. The molecular weight excluding hydrogens is 363 g/mol. The van der Waals surface area contributed by atoms with Crippen molar-refractivity contribution in [3.05, 3.63) is 71.0 Å². The van der Waals surface area contributed by atoms with Crippen LogP contribution in [-0.2, 0) is 28.1 Å². The van der Waals surface area contributed by atoms with Crippen molar-refractivity contribution in [1.82, 2.24) is 10.2 Å². The molecule has 0 aromatic heterocycles. The zero-order chi connectivity index (χ0) is 19.7. The Bertz CT molecular complexity index is 919. The second kappa shape index (κ2) is 7.33. The summed E-state index contributed by atoms with van der Waals surface area (Å²) in [5.74, 6) is -0.733. The van der Waals surface area contributed by atoms with Crippen LogP contribution >= 0.6 is 0 Å². The van der Waals surface area contributed by atoms with Gasteiger partial charge in [-0.1, -0.05) is 42.5 Å². The maximum Gasteiger partial charge on any atom is 0.325 e. The number of amides is 3. The van der Waals surface area contributed by atoms with Gasteiger partial charge < -0.3 is 15.2 Å². The number of β-amino-alcohol motifs (C(OH)–C–C–N with tert-alkyl or cyclic N) is 1. The average Bonchev–Trinajstić information content (AvgIpc) is 3.17. The number of rotatable bonds is 6. The highest BCUT2D eigenvalue weighted by molar-refractivity contribution is 6.08. The number of ether oxygens (including phenoxy) is 1. The van der Waals surface area contributed by atoms with E-state index in [1.807, 2.05) is 24.3 Å². The van der Waals surface area contributed by atoms with Crippen LogP contribution in [-0.4, -0.2) is 41.2 Å². The summed E-state index contributed by atoms with van der Waals surface area (Å²) >= 11 is 0. The molecule has 2 aromatic carbocycles. The number of carbonyl (C=O) groups excluding carboxylic acids is 2. The van der Waals surface area contributed by atoms with Crippen LogP contribution in [0.5, 0.6) is 0 Å². The predicted octanol–water partition coefficient (Wildman–Crippen LogP) is 2.10. The van der Waals surface area contributed by atoms with Crippen molar-refractivity contribution in [2.45, 2.75) is 31.1 Å². The van der Waals surface area contributed by atoms with Crippen LogP contribution in [0.1, 0.15) is 23.1 Å². The summed E-state index contributed by atoms with van der Waals surface area (Å²) in [5.41, 5.74) is 1.21. The summed E-state index contributed by atoms with van der Waals surface area (Å²) < 4.78 is 18.9. The zero-order valence-corrected chi connectivity index (χ0v) is 15.2. The lowest BCUT2D eigenvalue weighted by Crippen LogP contribution is -2.43. The molecule has 4 rings (SSSR count). The minimum atomic E-state index is -1.06. The topological polar surface area (TPSA) is 78.9 Å². The molecule has 0 radical (unpaired) electrons. The third-order valence-electron chi connectivity index (χ3n) is 5.34. The van der Waals surface area contributed by atoms with E-state index in [4.69, 9.17) is 4.74 Å². The molecule has 1 aliphatic heterocycles. The van der Waals surface area contributed by atoms with Gasteiger partial charge in [-0.05, 0) is 30.0 Å². The highest BCUT2D eigenvalue weighted by atomic mass is 19.1. The second-order valence-corrected chi connectivity index (χ2v) is 7.17. The van der Waals surface area contributed by atoms with Crippen molar-refractivity contribution in [3.8, 4) is 0 Å². The Hall–Kier alpha value is -2.77. The number of fused-ring (bicyclic) bond motifs is 2. The van der Waals surface area contributed by atoms with Crippen LogP contribution in [0.4, 0.5) is 9.18 Å². The molecule has 28 heavy (non-hydrogen) atoms. The lowest BCUT2D eigenvalue weighted by molar-refractivity contribution is -0.133. The molecule has 1 aliphatic carbocycles. The Morgan fingerprint density at radius 3 is 2.75 bits per heavy atom. The van der Waals surface area contributed by atoms with Gasteiger partial charge in [0.05, 0.1) is 25.9 Å². The summed E-state index contributed by atoms with van der Waals surface area (Å²) in [6, 6.07) is 13.3. The Morgan fingerprint density at radius 2 is 1.93 bits per heavy atom. The van der Waals surface area contributed by atoms with Crippen molar-refractivity contribution in [3.63, 3.8) is 0 Å². The number of nitrogens with zero attached hydrogens (tertiary/aromatic N) is 1. The van der Waals surface area contributed by atoms with E-state index in [2.05, 4.69) is 5.32 Å². The van der Waals surface area contributed by atoms with Gasteiger partial charge in [0.15, 0.2) is 0 Å². The number of aliphatic hydroxyl groups is 1. The average molecular weight is 384 g/mol. The quantitative estimate of drug-likeness (QED) is 0.748. The molecule has 0 unspecified atom stereocenters. The molecule has 6 nitrogen and oxygen atoms in total. The monoisotopic (exact) mass is 384 g/mol. The standard InChI is InChI=1S/C21H21FN2O4/c22-18-8-4-2-6-15(18)12-28-13-16(25)11-24-19(26)21(23-20(24)27)10-9-14-5-1-3-7-17(14)21/h1-8,16,25H,9-13H2,(H,23,27)/t16-,21-/m1/s1. The third-order valence-corrected chi connectivity index (χ3v) is 5.34. The van der Waals surface area contributed by atoms with E-state index in [1.165, 1.54) is 6.07 Å². The van der Waals surface area contributed by atoms with Crippen molar-refractivity contribution in [2.24, 2.45) is 0 Å². The van der Waals surface area contributed by atoms with Gasteiger partial charge >= 0.3 is 6.03 Å². The van der Waals surface area contributed by atoms with Crippen LogP contribution in [0.25, 0.3) is 0 Å². The fourth-order valence-corrected chi connectivity index (χ4v) is 3.94. The summed E-state index contributed by atoms with van der Waals surface area (Å²) in [4.78, 5) is 26.5. The smallest absolute Gasteiger partial charge is 0.325 e. The lowest BCUT2D eigenvalue weighted by atomic mass is 9.92. The molecule has 2 atom stereocenters. The summed E-state index contributed by atoms with van der Waals surface area (Å²) in [7, 11) is 0. The fraction of sp³-hybridized carbons (Fsp3) is 0.333. The first-order valence-corrected chi connectivity index (χ1v) is 9.23. The number of hydrogen-bond acceptors (Lipinski definition) is 4. The molecular formula is C21H21FN2O4. The molecule has 2 N–H and O–H groups in total. The summed E-state index contributed by atoms with van der Waals surface area (Å²) in [6.45, 7) is -0.290. The zero-order valence-electron chi connectivity index (χ0n) is 15.2. The lowest BCUT2D eigenvalue weighted by Gasteiger charge is -2.23. The number of aryl methyl sites for hydroxylation is 1. The highest BCUT2D eigenvalue weighted by Crippen LogP contribution is 2.41. The van der Waals surface area contributed by atoms with Crippen molar-refractivity contribution >= 4 is 11.9 Å². The number of urea groups is 1. The van der Waals surface area contributed by atoms with Gasteiger partial charge in [-0.3, -0.25) is 9.69 Å². The van der Waals surface area contributed by atoms with E-state index in [0.717, 1.165) is 16.0 Å². The SMILES string of the molecule is O=C1N[C@@]2(CCc3ccccc32)C(=O)N1C[C@@H](O)COCc1ccccc1F. The van der Waals surface area contributed by atoms with Crippen molar-refractivity contribution < 1.29 is 23.8 Å². The normalized spacial score (nSPS) is 21.9. The highest BCUT2D eigenvalue weighted by Gasteiger charge is 2.55. The van der Waals surface area contributed by atoms with E-state index in [-0.39, 0.29) is 31.5 Å². The molecule has 3 amide bonds. The largest absolute Gasteiger partial charge is 0.389 e. The van der Waals surface area contributed by atoms with Gasteiger partial charge in [0.1, 0.15) is 11.4 Å². The van der Waals surface area contributed by atoms with Crippen LogP contribution < -0.4 is 5.32 Å². The van der Waals surface area contributed by atoms with Gasteiger partial charge in [0.2, 0.25) is 0 Å². The number of imide groups is 1. The molecule has 1 fully saturated rings. The van der Waals surface area contributed by atoms with E-state index < -0.39 is 17.7 Å². The molecule has 1 saturated heterocycles. The number of aliphatic hydroxyl groups excluding tert-OH is 1. The number of hydrogen-bond donors (Lipinski definition) is 2. The first-order valence-electron chi connectivity index (χ1n) is 9.23. The van der Waals surface area contributed by atoms with E-state index in [9.17, 15) is 19.1 Å². The van der Waals surface area contributed by atoms with E-state index in [0.29, 0.717) is 18.4 Å². The van der Waals surface area contributed by atoms with Crippen LogP contribution in [0.3, 0.4) is 0 Å². The minimum Gasteiger partial charge on any atom is -0.389 e. The van der Waals surface area contributed by atoms with Crippen LogP contribution in [0.15, 0.2) is 48.5 Å². The molecule has 0 bridgehead atoms. The third kappa shape index (κ3) is 3.16. The van der Waals surface area contributed by atoms with Gasteiger partial charge in [-0.15, -0.1) is 0 Å².